The smallest absolute Gasteiger partial charge is 0.271 e. The molecule has 210 valence electrons. The average Bonchev–Trinajstić information content (AvgIpc) is 2.98. The molecular weight excluding hydrogens is 540 g/mol. The molecule has 4 aromatic rings. The highest BCUT2D eigenvalue weighted by atomic mass is 35.5. The van der Waals surface area contributed by atoms with E-state index in [1.165, 1.54) is 35.0 Å². The van der Waals surface area contributed by atoms with Gasteiger partial charge in [-0.2, -0.15) is 5.10 Å². The van der Waals surface area contributed by atoms with Crippen LogP contribution in [0.5, 0.6) is 11.5 Å². The lowest BCUT2D eigenvalue weighted by atomic mass is 10.0. The van der Waals surface area contributed by atoms with E-state index in [4.69, 9.17) is 16.3 Å². The number of piperazine rings is 1. The Hall–Kier alpha value is -4.56. The topological polar surface area (TPSA) is 94.5 Å². The zero-order chi connectivity index (χ0) is 28.9. The summed E-state index contributed by atoms with van der Waals surface area (Å²) < 4.78 is 6.00. The number of amides is 2. The fraction of sp³-hybridized carbons (Fsp3) is 0.219. The van der Waals surface area contributed by atoms with Crippen LogP contribution in [0, 0.1) is 13.8 Å². The van der Waals surface area contributed by atoms with Gasteiger partial charge in [0.05, 0.1) is 11.2 Å². The maximum Gasteiger partial charge on any atom is 0.271 e. The van der Waals surface area contributed by atoms with E-state index in [0.29, 0.717) is 18.8 Å². The minimum absolute atomic E-state index is 0.0444. The largest absolute Gasteiger partial charge is 0.506 e. The Kier molecular flexibility index (Phi) is 8.40. The number of hydrogen-bond acceptors (Lipinski definition) is 6. The second-order valence-electron chi connectivity index (χ2n) is 10.0. The number of ether oxygens (including phenoxy) is 1. The molecule has 0 spiro atoms. The van der Waals surface area contributed by atoms with Crippen molar-refractivity contribution in [1.82, 2.24) is 10.3 Å². The lowest BCUT2D eigenvalue weighted by Crippen LogP contribution is -2.50. The first kappa shape index (κ1) is 28.0. The first-order valence-corrected chi connectivity index (χ1v) is 13.7. The van der Waals surface area contributed by atoms with Crippen LogP contribution in [0.15, 0.2) is 77.9 Å². The third kappa shape index (κ3) is 6.44. The van der Waals surface area contributed by atoms with E-state index in [0.717, 1.165) is 29.4 Å². The number of nitrogens with zero attached hydrogens (tertiary/aromatic N) is 3. The van der Waals surface area contributed by atoms with E-state index in [1.807, 2.05) is 35.2 Å². The number of anilines is 1. The molecule has 1 aliphatic heterocycles. The van der Waals surface area contributed by atoms with E-state index in [9.17, 15) is 14.7 Å². The fourth-order valence-electron chi connectivity index (χ4n) is 4.99. The minimum Gasteiger partial charge on any atom is -0.506 e. The fourth-order valence-corrected chi connectivity index (χ4v) is 5.17. The summed E-state index contributed by atoms with van der Waals surface area (Å²) >= 11 is 5.89. The van der Waals surface area contributed by atoms with Crippen LogP contribution in [0.25, 0.3) is 10.8 Å². The van der Waals surface area contributed by atoms with Crippen molar-refractivity contribution in [2.45, 2.75) is 13.8 Å². The molecule has 0 radical (unpaired) electrons. The Bertz CT molecular complexity index is 1630. The van der Waals surface area contributed by atoms with Crippen molar-refractivity contribution < 1.29 is 19.4 Å². The lowest BCUT2D eigenvalue weighted by molar-refractivity contribution is -0.133. The third-order valence-electron chi connectivity index (χ3n) is 7.17. The van der Waals surface area contributed by atoms with Gasteiger partial charge in [-0.3, -0.25) is 9.59 Å². The normalized spacial score (nSPS) is 13.5. The van der Waals surface area contributed by atoms with Crippen molar-refractivity contribution >= 4 is 46.1 Å². The Labute approximate surface area is 243 Å². The van der Waals surface area contributed by atoms with Gasteiger partial charge in [-0.1, -0.05) is 53.6 Å². The van der Waals surface area contributed by atoms with Crippen molar-refractivity contribution in [3.05, 3.63) is 100 Å². The lowest BCUT2D eigenvalue weighted by Gasteiger charge is -2.36. The van der Waals surface area contributed by atoms with Crippen molar-refractivity contribution in [3.63, 3.8) is 0 Å². The van der Waals surface area contributed by atoms with Crippen LogP contribution < -0.4 is 15.1 Å². The zero-order valence-corrected chi connectivity index (χ0v) is 23.7. The molecular formula is C32H31ClN4O4. The van der Waals surface area contributed by atoms with E-state index in [2.05, 4.69) is 47.5 Å². The zero-order valence-electron chi connectivity index (χ0n) is 22.9. The maximum absolute atomic E-state index is 13.0. The van der Waals surface area contributed by atoms with Crippen LogP contribution >= 0.6 is 11.6 Å². The first-order chi connectivity index (χ1) is 19.8. The Morgan fingerprint density at radius 2 is 1.73 bits per heavy atom. The summed E-state index contributed by atoms with van der Waals surface area (Å²) in [4.78, 5) is 29.6. The number of carbonyl (C=O) groups is 2. The van der Waals surface area contributed by atoms with Gasteiger partial charge >= 0.3 is 0 Å². The van der Waals surface area contributed by atoms with Gasteiger partial charge in [0.25, 0.3) is 11.8 Å². The van der Waals surface area contributed by atoms with E-state index in [1.54, 1.807) is 12.3 Å². The molecule has 1 fully saturated rings. The Morgan fingerprint density at radius 1 is 0.976 bits per heavy atom. The first-order valence-electron chi connectivity index (χ1n) is 13.4. The highest BCUT2D eigenvalue weighted by Gasteiger charge is 2.22. The number of phenolic OH excluding ortho intramolecular Hbond substituents is 1. The van der Waals surface area contributed by atoms with E-state index < -0.39 is 5.91 Å². The summed E-state index contributed by atoms with van der Waals surface area (Å²) in [5.74, 6) is -0.00135. The van der Waals surface area contributed by atoms with Crippen LogP contribution in [0.1, 0.15) is 27.0 Å². The number of hydrazone groups is 1. The molecule has 0 bridgehead atoms. The molecule has 8 nitrogen and oxygen atoms in total. The molecule has 0 saturated carbocycles. The molecule has 1 heterocycles. The predicted octanol–water partition coefficient (Wildman–Crippen LogP) is 5.31. The molecule has 4 aromatic carbocycles. The van der Waals surface area contributed by atoms with E-state index in [-0.39, 0.29) is 28.8 Å². The summed E-state index contributed by atoms with van der Waals surface area (Å²) in [7, 11) is 0. The second-order valence-corrected chi connectivity index (χ2v) is 10.4. The number of nitrogens with one attached hydrogen (secondary N) is 1. The number of benzene rings is 4. The summed E-state index contributed by atoms with van der Waals surface area (Å²) in [5.41, 5.74) is 7.23. The minimum atomic E-state index is -0.458. The quantitative estimate of drug-likeness (QED) is 0.232. The van der Waals surface area contributed by atoms with Crippen LogP contribution in [0.2, 0.25) is 5.02 Å². The number of phenols is 1. The molecule has 1 aliphatic rings. The van der Waals surface area contributed by atoms with Gasteiger partial charge in [0.15, 0.2) is 6.61 Å². The maximum atomic E-state index is 13.0. The summed E-state index contributed by atoms with van der Waals surface area (Å²) in [6.45, 7) is 7.02. The molecule has 0 atom stereocenters. The van der Waals surface area contributed by atoms with Crippen LogP contribution in [0.4, 0.5) is 5.69 Å². The second kappa shape index (κ2) is 12.3. The Balaban J connectivity index is 1.20. The SMILES string of the molecule is Cc1ccc(N2CCN(C(=O)COc3ccc(/C=N/NC(=O)c4ccc(O)c(Cl)c4)c4ccccc34)CC2)c(C)c1. The number of carbonyl (C=O) groups excluding carboxylic acids is 2. The summed E-state index contributed by atoms with van der Waals surface area (Å²) in [5, 5.41) is 15.4. The molecule has 0 aliphatic carbocycles. The monoisotopic (exact) mass is 570 g/mol. The van der Waals surface area contributed by atoms with Gasteiger partial charge in [-0.25, -0.2) is 5.43 Å². The standard InChI is InChI=1S/C32H31ClN4O4/c1-21-7-10-28(22(2)17-21)36-13-15-37(16-14-36)31(39)20-41-30-12-9-24(25-5-3-4-6-26(25)30)19-34-35-32(40)23-8-11-29(38)27(33)18-23/h3-12,17-19,38H,13-16,20H2,1-2H3,(H,35,40)/b34-19+. The molecule has 5 rings (SSSR count). The molecule has 2 amide bonds. The van der Waals surface area contributed by atoms with Gasteiger partial charge in [-0.05, 0) is 61.2 Å². The Morgan fingerprint density at radius 3 is 2.46 bits per heavy atom. The van der Waals surface area contributed by atoms with E-state index >= 15 is 0 Å². The third-order valence-corrected chi connectivity index (χ3v) is 7.48. The number of hydrogen-bond donors (Lipinski definition) is 2. The van der Waals surface area contributed by atoms with Gasteiger partial charge in [0, 0.05) is 48.4 Å². The number of fused-ring (bicyclic) bond motifs is 1. The average molecular weight is 571 g/mol. The van der Waals surface area contributed by atoms with Gasteiger partial charge in [0.1, 0.15) is 11.5 Å². The molecule has 1 saturated heterocycles. The molecule has 2 N–H and O–H groups in total. The number of halogens is 1. The van der Waals surface area contributed by atoms with Crippen molar-refractivity contribution in [2.24, 2.45) is 5.10 Å². The van der Waals surface area contributed by atoms with Crippen LogP contribution in [-0.2, 0) is 4.79 Å². The summed E-state index contributed by atoms with van der Waals surface area (Å²) in [6.07, 6.45) is 1.55. The van der Waals surface area contributed by atoms with Gasteiger partial charge < -0.3 is 19.6 Å². The van der Waals surface area contributed by atoms with Gasteiger partial charge in [-0.15, -0.1) is 0 Å². The summed E-state index contributed by atoms with van der Waals surface area (Å²) in [6, 6.07) is 21.9. The van der Waals surface area contributed by atoms with Crippen molar-refractivity contribution in [1.29, 1.82) is 0 Å². The van der Waals surface area contributed by atoms with Crippen LogP contribution in [-0.4, -0.2) is 60.8 Å². The highest BCUT2D eigenvalue weighted by molar-refractivity contribution is 6.32. The number of aromatic hydroxyl groups is 1. The van der Waals surface area contributed by atoms with Crippen molar-refractivity contribution in [3.8, 4) is 11.5 Å². The molecule has 41 heavy (non-hydrogen) atoms. The van der Waals surface area contributed by atoms with Gasteiger partial charge in [0.2, 0.25) is 0 Å². The highest BCUT2D eigenvalue weighted by Crippen LogP contribution is 2.28. The molecule has 0 unspecified atom stereocenters. The molecule has 9 heteroatoms. The number of aryl methyl sites for hydroxylation is 2. The van der Waals surface area contributed by atoms with Crippen molar-refractivity contribution in [2.75, 3.05) is 37.7 Å². The van der Waals surface area contributed by atoms with Crippen LogP contribution in [0.3, 0.4) is 0 Å². The predicted molar refractivity (Wildman–Crippen MR) is 162 cm³/mol. The molecule has 0 aromatic heterocycles. The number of rotatable bonds is 7.